The van der Waals surface area contributed by atoms with E-state index in [0.717, 1.165) is 5.69 Å². The van der Waals surface area contributed by atoms with E-state index in [2.05, 4.69) is 202 Å². The fourth-order valence-corrected chi connectivity index (χ4v) is 10.1. The number of benzene rings is 8. The molecule has 0 aliphatic carbocycles. The number of para-hydroxylation sites is 4. The van der Waals surface area contributed by atoms with Crippen LogP contribution >= 0.6 is 11.3 Å². The zero-order chi connectivity index (χ0) is 35.3. The molecule has 0 amide bonds. The summed E-state index contributed by atoms with van der Waals surface area (Å²) in [4.78, 5) is 1.29. The molecular formula is C50H31N3S. The highest BCUT2D eigenvalue weighted by molar-refractivity contribution is 7.25. The zero-order valence-corrected chi connectivity index (χ0v) is 30.0. The van der Waals surface area contributed by atoms with Gasteiger partial charge in [0.05, 0.1) is 27.6 Å². The van der Waals surface area contributed by atoms with E-state index < -0.39 is 0 Å². The van der Waals surface area contributed by atoms with E-state index in [-0.39, 0.29) is 0 Å². The summed E-state index contributed by atoms with van der Waals surface area (Å²) in [6.07, 6.45) is 0. The van der Waals surface area contributed by atoms with Crippen LogP contribution in [0.2, 0.25) is 0 Å². The Morgan fingerprint density at radius 3 is 1.31 bits per heavy atom. The molecule has 0 saturated heterocycles. The summed E-state index contributed by atoms with van der Waals surface area (Å²) in [5.41, 5.74) is 12.0. The van der Waals surface area contributed by atoms with Gasteiger partial charge in [-0.05, 0) is 96.1 Å². The lowest BCUT2D eigenvalue weighted by molar-refractivity contribution is 1.15. The fourth-order valence-electron chi connectivity index (χ4n) is 8.89. The Labute approximate surface area is 314 Å². The number of hydrogen-bond donors (Lipinski definition) is 0. The highest BCUT2D eigenvalue weighted by atomic mass is 32.1. The summed E-state index contributed by atoms with van der Waals surface area (Å²) < 4.78 is 8.55. The molecule has 0 fully saturated rings. The van der Waals surface area contributed by atoms with Crippen LogP contribution in [-0.4, -0.2) is 13.7 Å². The van der Waals surface area contributed by atoms with Crippen molar-refractivity contribution in [3.05, 3.63) is 188 Å². The van der Waals surface area contributed by atoms with Gasteiger partial charge in [0, 0.05) is 59.5 Å². The van der Waals surface area contributed by atoms with Crippen LogP contribution < -0.4 is 0 Å². The SMILES string of the molecule is c1ccc(-n2c3ccccc3c3cc(-c4ccc5c(c4)c4ccccc4n5-c4ccc(-n5c6ccccc6c6c7ccccc7sc65)cc4)ccc32)cc1. The Morgan fingerprint density at radius 2 is 0.722 bits per heavy atom. The molecule has 12 rings (SSSR count). The zero-order valence-electron chi connectivity index (χ0n) is 29.1. The smallest absolute Gasteiger partial charge is 0.109 e. The lowest BCUT2D eigenvalue weighted by atomic mass is 10.0. The third-order valence-corrected chi connectivity index (χ3v) is 12.4. The molecule has 4 heterocycles. The van der Waals surface area contributed by atoms with Crippen LogP contribution in [0, 0.1) is 0 Å². The van der Waals surface area contributed by atoms with Crippen molar-refractivity contribution >= 4 is 86.2 Å². The summed E-state index contributed by atoms with van der Waals surface area (Å²) in [5.74, 6) is 0. The predicted octanol–water partition coefficient (Wildman–Crippen LogP) is 13.9. The van der Waals surface area contributed by atoms with Crippen molar-refractivity contribution in [1.82, 2.24) is 13.7 Å². The van der Waals surface area contributed by atoms with E-state index in [0.29, 0.717) is 0 Å². The fraction of sp³-hybridized carbons (Fsp3) is 0. The van der Waals surface area contributed by atoms with Gasteiger partial charge < -0.3 is 13.7 Å². The maximum atomic E-state index is 2.44. The first kappa shape index (κ1) is 29.7. The molecule has 0 bridgehead atoms. The maximum Gasteiger partial charge on any atom is 0.109 e. The molecule has 0 aliphatic rings. The van der Waals surface area contributed by atoms with Crippen LogP contribution in [0.3, 0.4) is 0 Å². The first-order valence-corrected chi connectivity index (χ1v) is 19.3. The van der Waals surface area contributed by atoms with E-state index in [1.165, 1.54) is 97.3 Å². The number of aromatic nitrogens is 3. The molecule has 4 aromatic heterocycles. The van der Waals surface area contributed by atoms with Gasteiger partial charge in [0.1, 0.15) is 4.83 Å². The first-order valence-electron chi connectivity index (χ1n) is 18.4. The molecule has 0 N–H and O–H groups in total. The molecule has 252 valence electrons. The summed E-state index contributed by atoms with van der Waals surface area (Å²) in [7, 11) is 0. The second-order valence-electron chi connectivity index (χ2n) is 14.2. The van der Waals surface area contributed by atoms with Gasteiger partial charge in [-0.25, -0.2) is 0 Å². The number of nitrogens with zero attached hydrogens (tertiary/aromatic N) is 3. The molecule has 0 spiro atoms. The summed E-state index contributed by atoms with van der Waals surface area (Å²) in [5, 5.41) is 9.00. The molecule has 12 aromatic rings. The van der Waals surface area contributed by atoms with E-state index in [1.54, 1.807) is 0 Å². The molecule has 0 radical (unpaired) electrons. The van der Waals surface area contributed by atoms with Crippen molar-refractivity contribution in [3.8, 4) is 28.2 Å². The van der Waals surface area contributed by atoms with E-state index in [9.17, 15) is 0 Å². The lowest BCUT2D eigenvalue weighted by Gasteiger charge is -2.11. The summed E-state index contributed by atoms with van der Waals surface area (Å²) in [6, 6.07) is 68.8. The molecule has 0 unspecified atom stereocenters. The Balaban J connectivity index is 0.997. The third-order valence-electron chi connectivity index (χ3n) is 11.3. The van der Waals surface area contributed by atoms with Gasteiger partial charge in [-0.3, -0.25) is 0 Å². The van der Waals surface area contributed by atoms with Gasteiger partial charge in [-0.15, -0.1) is 11.3 Å². The Hall–Kier alpha value is -6.88. The highest BCUT2D eigenvalue weighted by Crippen LogP contribution is 2.43. The van der Waals surface area contributed by atoms with Crippen LogP contribution in [0.4, 0.5) is 0 Å². The third kappa shape index (κ3) is 4.17. The van der Waals surface area contributed by atoms with Crippen LogP contribution in [0.1, 0.15) is 0 Å². The monoisotopic (exact) mass is 705 g/mol. The van der Waals surface area contributed by atoms with Crippen LogP contribution in [0.5, 0.6) is 0 Å². The summed E-state index contributed by atoms with van der Waals surface area (Å²) >= 11 is 1.87. The van der Waals surface area contributed by atoms with Gasteiger partial charge in [-0.2, -0.15) is 0 Å². The molecule has 0 aliphatic heterocycles. The van der Waals surface area contributed by atoms with E-state index in [4.69, 9.17) is 0 Å². The number of rotatable bonds is 4. The van der Waals surface area contributed by atoms with Gasteiger partial charge in [0.15, 0.2) is 0 Å². The minimum Gasteiger partial charge on any atom is -0.309 e. The van der Waals surface area contributed by atoms with Crippen molar-refractivity contribution in [1.29, 1.82) is 0 Å². The molecule has 3 nitrogen and oxygen atoms in total. The van der Waals surface area contributed by atoms with Crippen molar-refractivity contribution < 1.29 is 0 Å². The second-order valence-corrected chi connectivity index (χ2v) is 15.2. The number of fused-ring (bicyclic) bond motifs is 11. The van der Waals surface area contributed by atoms with Crippen molar-refractivity contribution in [2.45, 2.75) is 0 Å². The number of hydrogen-bond acceptors (Lipinski definition) is 1. The molecule has 4 heteroatoms. The quantitative estimate of drug-likeness (QED) is 0.173. The van der Waals surface area contributed by atoms with Gasteiger partial charge in [-0.1, -0.05) is 103 Å². The maximum absolute atomic E-state index is 2.44. The highest BCUT2D eigenvalue weighted by Gasteiger charge is 2.19. The Kier molecular flexibility index (Phi) is 6.21. The lowest BCUT2D eigenvalue weighted by Crippen LogP contribution is -1.96. The molecule has 0 atom stereocenters. The minimum absolute atomic E-state index is 1.15. The molecule has 0 saturated carbocycles. The van der Waals surface area contributed by atoms with E-state index in [1.807, 2.05) is 11.3 Å². The van der Waals surface area contributed by atoms with Gasteiger partial charge >= 0.3 is 0 Å². The Morgan fingerprint density at radius 1 is 0.296 bits per heavy atom. The average molecular weight is 706 g/mol. The van der Waals surface area contributed by atoms with Crippen LogP contribution in [0.25, 0.3) is 103 Å². The second kappa shape index (κ2) is 11.3. The largest absolute Gasteiger partial charge is 0.309 e. The van der Waals surface area contributed by atoms with Gasteiger partial charge in [0.25, 0.3) is 0 Å². The molecule has 54 heavy (non-hydrogen) atoms. The molecule has 8 aromatic carbocycles. The Bertz CT molecular complexity index is 3430. The molecular weight excluding hydrogens is 675 g/mol. The van der Waals surface area contributed by atoms with Crippen molar-refractivity contribution in [3.63, 3.8) is 0 Å². The van der Waals surface area contributed by atoms with Gasteiger partial charge in [0.2, 0.25) is 0 Å². The van der Waals surface area contributed by atoms with Crippen molar-refractivity contribution in [2.75, 3.05) is 0 Å². The van der Waals surface area contributed by atoms with Crippen molar-refractivity contribution in [2.24, 2.45) is 0 Å². The first-order chi connectivity index (χ1) is 26.8. The standard InChI is InChI=1S/C50H31N3S/c1-2-12-34(13-3-1)51-43-18-8-4-14-37(43)41-30-32(22-28-46(41)51)33-23-29-47-42(31-33)38-15-5-9-19-44(38)52(47)35-24-26-36(27-25-35)53-45-20-10-6-16-39(45)49-40-17-7-11-21-48(40)54-50(49)53/h1-31H. The predicted molar refractivity (Wildman–Crippen MR) is 230 cm³/mol. The normalized spacial score (nSPS) is 12.1. The minimum atomic E-state index is 1.15. The topological polar surface area (TPSA) is 14.8 Å². The van der Waals surface area contributed by atoms with Crippen LogP contribution in [-0.2, 0) is 0 Å². The number of thiophene rings is 1. The average Bonchev–Trinajstić information content (AvgIpc) is 3.97. The van der Waals surface area contributed by atoms with Crippen LogP contribution in [0.15, 0.2) is 188 Å². The van der Waals surface area contributed by atoms with E-state index >= 15 is 0 Å². The summed E-state index contributed by atoms with van der Waals surface area (Å²) in [6.45, 7) is 0.